The summed E-state index contributed by atoms with van der Waals surface area (Å²) >= 11 is 1.88. The monoisotopic (exact) mass is 759 g/mol. The van der Waals surface area contributed by atoms with Gasteiger partial charge in [-0.2, -0.15) is 0 Å². The predicted molar refractivity (Wildman–Crippen MR) is 244 cm³/mol. The van der Waals surface area contributed by atoms with Crippen molar-refractivity contribution in [3.8, 4) is 22.3 Å². The third-order valence-electron chi connectivity index (χ3n) is 12.6. The van der Waals surface area contributed by atoms with E-state index < -0.39 is 5.41 Å². The van der Waals surface area contributed by atoms with Crippen LogP contribution in [0.4, 0.5) is 17.1 Å². The average molecular weight is 760 g/mol. The molecule has 0 saturated heterocycles. The second-order valence-corrected chi connectivity index (χ2v) is 17.2. The quantitative estimate of drug-likeness (QED) is 0.166. The SMILES string of the molecule is CC1(C)c2ccccc2-c2ccc(N(c3ccc(-c4ccc5c(c4)C(c4ccccc4)(c4ccccc4)c4ccccc4S5)cc3)c3cccc4ccccc34)cc21. The van der Waals surface area contributed by atoms with E-state index in [1.54, 1.807) is 0 Å². The summed E-state index contributed by atoms with van der Waals surface area (Å²) in [5.41, 5.74) is 15.9. The van der Waals surface area contributed by atoms with Crippen molar-refractivity contribution in [1.82, 2.24) is 0 Å². The van der Waals surface area contributed by atoms with Crippen LogP contribution >= 0.6 is 11.8 Å². The van der Waals surface area contributed by atoms with Crippen molar-refractivity contribution in [3.63, 3.8) is 0 Å². The first kappa shape index (κ1) is 34.6. The van der Waals surface area contributed by atoms with Crippen molar-refractivity contribution >= 4 is 39.6 Å². The van der Waals surface area contributed by atoms with Crippen LogP contribution in [0.3, 0.4) is 0 Å². The average Bonchev–Trinajstić information content (AvgIpc) is 3.51. The number of nitrogens with zero attached hydrogens (tertiary/aromatic N) is 1. The molecule has 1 aliphatic heterocycles. The summed E-state index contributed by atoms with van der Waals surface area (Å²) in [7, 11) is 0. The third-order valence-corrected chi connectivity index (χ3v) is 13.8. The van der Waals surface area contributed by atoms with E-state index >= 15 is 0 Å². The van der Waals surface area contributed by atoms with E-state index in [2.05, 4.69) is 231 Å². The topological polar surface area (TPSA) is 3.24 Å². The van der Waals surface area contributed by atoms with Crippen LogP contribution in [-0.2, 0) is 10.8 Å². The van der Waals surface area contributed by atoms with Crippen molar-refractivity contribution < 1.29 is 0 Å². The largest absolute Gasteiger partial charge is 0.310 e. The molecule has 2 heteroatoms. The first-order chi connectivity index (χ1) is 28.5. The maximum atomic E-state index is 2.45. The minimum Gasteiger partial charge on any atom is -0.310 e. The summed E-state index contributed by atoms with van der Waals surface area (Å²) in [5, 5.41) is 2.45. The molecule has 0 amide bonds. The van der Waals surface area contributed by atoms with Gasteiger partial charge < -0.3 is 4.90 Å². The fourth-order valence-electron chi connectivity index (χ4n) is 9.85. The van der Waals surface area contributed by atoms with Crippen molar-refractivity contribution in [2.75, 3.05) is 4.90 Å². The standard InChI is InChI=1S/C56H41NS/c1-55(2)48-24-12-11-23-46(48)47-34-33-44(37-50(47)55)57(52-26-15-17-39-16-9-10-22-45(39)52)43-31-28-38(29-32-43)40-30-35-54-51(36-40)56(41-18-5-3-6-19-41,42-20-7-4-8-21-42)49-25-13-14-27-53(49)58-54/h3-37H,1-2H3. The molecule has 276 valence electrons. The zero-order chi connectivity index (χ0) is 38.8. The van der Waals surface area contributed by atoms with E-state index in [-0.39, 0.29) is 5.41 Å². The van der Waals surface area contributed by atoms with Gasteiger partial charge in [-0.05, 0) is 110 Å². The summed E-state index contributed by atoms with van der Waals surface area (Å²) in [6.07, 6.45) is 0. The molecule has 9 aromatic carbocycles. The maximum Gasteiger partial charge on any atom is 0.0723 e. The molecular weight excluding hydrogens is 719 g/mol. The molecule has 0 saturated carbocycles. The summed E-state index contributed by atoms with van der Waals surface area (Å²) in [6, 6.07) is 78.7. The first-order valence-corrected chi connectivity index (χ1v) is 21.0. The molecule has 0 fully saturated rings. The van der Waals surface area contributed by atoms with E-state index in [1.807, 2.05) is 11.8 Å². The normalized spacial score (nSPS) is 14.2. The lowest BCUT2D eigenvalue weighted by molar-refractivity contribution is 0.660. The highest BCUT2D eigenvalue weighted by atomic mass is 32.2. The van der Waals surface area contributed by atoms with E-state index in [0.29, 0.717) is 0 Å². The van der Waals surface area contributed by atoms with E-state index in [1.165, 1.54) is 81.9 Å². The van der Waals surface area contributed by atoms with Gasteiger partial charge in [0, 0.05) is 32.0 Å². The van der Waals surface area contributed by atoms with Crippen molar-refractivity contribution in [2.24, 2.45) is 0 Å². The Labute approximate surface area is 345 Å². The second-order valence-electron chi connectivity index (χ2n) is 16.1. The molecule has 9 aromatic rings. The Morgan fingerprint density at radius 1 is 0.397 bits per heavy atom. The minimum absolute atomic E-state index is 0.101. The molecule has 1 nitrogen and oxygen atoms in total. The van der Waals surface area contributed by atoms with Crippen LogP contribution in [0.2, 0.25) is 0 Å². The lowest BCUT2D eigenvalue weighted by Crippen LogP contribution is -2.34. The summed E-state index contributed by atoms with van der Waals surface area (Å²) in [6.45, 7) is 4.72. The summed E-state index contributed by atoms with van der Waals surface area (Å²) in [4.78, 5) is 5.03. The van der Waals surface area contributed by atoms with Crippen LogP contribution in [0.25, 0.3) is 33.0 Å². The predicted octanol–water partition coefficient (Wildman–Crippen LogP) is 15.1. The van der Waals surface area contributed by atoms with Gasteiger partial charge in [0.2, 0.25) is 0 Å². The van der Waals surface area contributed by atoms with Crippen molar-refractivity contribution in [3.05, 3.63) is 246 Å². The fourth-order valence-corrected chi connectivity index (χ4v) is 11.0. The number of hydrogen-bond donors (Lipinski definition) is 0. The lowest BCUT2D eigenvalue weighted by atomic mass is 9.64. The highest BCUT2D eigenvalue weighted by Crippen LogP contribution is 2.56. The summed E-state index contributed by atoms with van der Waals surface area (Å²) < 4.78 is 0. The van der Waals surface area contributed by atoms with Gasteiger partial charge in [-0.15, -0.1) is 0 Å². The second kappa shape index (κ2) is 13.5. The molecule has 0 radical (unpaired) electrons. The Balaban J connectivity index is 1.06. The highest BCUT2D eigenvalue weighted by molar-refractivity contribution is 7.99. The molecule has 0 N–H and O–H groups in total. The zero-order valence-corrected chi connectivity index (χ0v) is 33.4. The Hall–Kier alpha value is -6.61. The van der Waals surface area contributed by atoms with Crippen molar-refractivity contribution in [1.29, 1.82) is 0 Å². The van der Waals surface area contributed by atoms with Gasteiger partial charge in [-0.1, -0.05) is 189 Å². The number of rotatable bonds is 6. The van der Waals surface area contributed by atoms with Gasteiger partial charge in [-0.3, -0.25) is 0 Å². The van der Waals surface area contributed by atoms with Gasteiger partial charge >= 0.3 is 0 Å². The van der Waals surface area contributed by atoms with Crippen LogP contribution < -0.4 is 4.90 Å². The number of fused-ring (bicyclic) bond motifs is 6. The third kappa shape index (κ3) is 5.25. The van der Waals surface area contributed by atoms with Gasteiger partial charge in [0.25, 0.3) is 0 Å². The Morgan fingerprint density at radius 3 is 1.76 bits per heavy atom. The molecule has 1 heterocycles. The fraction of sp³-hybridized carbons (Fsp3) is 0.0714. The first-order valence-electron chi connectivity index (χ1n) is 20.2. The van der Waals surface area contributed by atoms with Crippen molar-refractivity contribution in [2.45, 2.75) is 34.5 Å². The molecule has 0 unspecified atom stereocenters. The van der Waals surface area contributed by atoms with Gasteiger partial charge in [-0.25, -0.2) is 0 Å². The van der Waals surface area contributed by atoms with Crippen LogP contribution in [-0.4, -0.2) is 0 Å². The molecule has 0 aromatic heterocycles. The smallest absolute Gasteiger partial charge is 0.0723 e. The molecule has 1 aliphatic carbocycles. The molecule has 0 atom stereocenters. The van der Waals surface area contributed by atoms with Crippen LogP contribution in [0, 0.1) is 0 Å². The van der Waals surface area contributed by atoms with E-state index in [4.69, 9.17) is 0 Å². The van der Waals surface area contributed by atoms with E-state index in [9.17, 15) is 0 Å². The van der Waals surface area contributed by atoms with Crippen LogP contribution in [0.1, 0.15) is 47.2 Å². The molecule has 0 spiro atoms. The minimum atomic E-state index is -0.470. The molecule has 11 rings (SSSR count). The van der Waals surface area contributed by atoms with E-state index in [0.717, 1.165) is 11.4 Å². The lowest BCUT2D eigenvalue weighted by Gasteiger charge is -2.42. The van der Waals surface area contributed by atoms with Gasteiger partial charge in [0.05, 0.1) is 11.1 Å². The molecule has 2 aliphatic rings. The Kier molecular flexibility index (Phi) is 8.06. The Morgan fingerprint density at radius 2 is 0.983 bits per heavy atom. The van der Waals surface area contributed by atoms with Gasteiger partial charge in [0.1, 0.15) is 0 Å². The molecule has 0 bridgehead atoms. The highest BCUT2D eigenvalue weighted by Gasteiger charge is 2.44. The van der Waals surface area contributed by atoms with Crippen LogP contribution in [0.15, 0.2) is 222 Å². The van der Waals surface area contributed by atoms with Gasteiger partial charge in [0.15, 0.2) is 0 Å². The number of anilines is 3. The molecular formula is C56H41NS. The summed E-state index contributed by atoms with van der Waals surface area (Å²) in [5.74, 6) is 0. The zero-order valence-electron chi connectivity index (χ0n) is 32.6. The molecule has 58 heavy (non-hydrogen) atoms. The van der Waals surface area contributed by atoms with Crippen LogP contribution in [0.5, 0.6) is 0 Å². The maximum absolute atomic E-state index is 2.45. The Bertz CT molecular complexity index is 2960. The number of benzene rings is 9. The number of hydrogen-bond acceptors (Lipinski definition) is 2.